The molecule has 1 aliphatic heterocycles. The fourth-order valence-electron chi connectivity index (χ4n) is 3.57. The van der Waals surface area contributed by atoms with Crippen molar-refractivity contribution in [2.45, 2.75) is 36.6 Å². The summed E-state index contributed by atoms with van der Waals surface area (Å²) >= 11 is 5.98. The number of hydrogen-bond donors (Lipinski definition) is 0. The van der Waals surface area contributed by atoms with Crippen LogP contribution in [0.25, 0.3) is 0 Å². The van der Waals surface area contributed by atoms with Crippen molar-refractivity contribution in [3.05, 3.63) is 23.2 Å². The second-order valence-electron chi connectivity index (χ2n) is 6.17. The highest BCUT2D eigenvalue weighted by atomic mass is 35.5. The Bertz CT molecular complexity index is 651. The summed E-state index contributed by atoms with van der Waals surface area (Å²) in [7, 11) is -2.10. The van der Waals surface area contributed by atoms with E-state index in [0.717, 1.165) is 13.1 Å². The van der Waals surface area contributed by atoms with Crippen molar-refractivity contribution in [1.29, 1.82) is 0 Å². The molecule has 1 aliphatic carbocycles. The SMILES string of the molecule is COc1ccc(Cl)cc1S(=O)(=O)N1CCN(C2CCCC2)CC1. The molecule has 1 aromatic rings. The first kappa shape index (κ1) is 17.0. The molecular formula is C16H23ClN2O3S. The third kappa shape index (κ3) is 3.50. The van der Waals surface area contributed by atoms with Crippen LogP contribution in [0.4, 0.5) is 0 Å². The smallest absolute Gasteiger partial charge is 0.246 e. The zero-order valence-electron chi connectivity index (χ0n) is 13.4. The average molecular weight is 359 g/mol. The van der Waals surface area contributed by atoms with Gasteiger partial charge < -0.3 is 4.74 Å². The van der Waals surface area contributed by atoms with Gasteiger partial charge in [0.1, 0.15) is 10.6 Å². The summed E-state index contributed by atoms with van der Waals surface area (Å²) in [5, 5.41) is 0.397. The molecule has 0 amide bonds. The third-order valence-corrected chi connectivity index (χ3v) is 7.01. The second-order valence-corrected chi connectivity index (χ2v) is 8.52. The Labute approximate surface area is 143 Å². The Balaban J connectivity index is 1.75. The van der Waals surface area contributed by atoms with E-state index in [1.54, 1.807) is 16.4 Å². The van der Waals surface area contributed by atoms with E-state index in [1.807, 2.05) is 0 Å². The summed E-state index contributed by atoms with van der Waals surface area (Å²) in [5.41, 5.74) is 0. The van der Waals surface area contributed by atoms with Gasteiger partial charge in [0.25, 0.3) is 0 Å². The Hall–Kier alpha value is -0.820. The second kappa shape index (κ2) is 6.97. The highest BCUT2D eigenvalue weighted by Gasteiger charge is 2.33. The monoisotopic (exact) mass is 358 g/mol. The molecule has 0 atom stereocenters. The van der Waals surface area contributed by atoms with Crippen LogP contribution in [0.3, 0.4) is 0 Å². The molecule has 1 aromatic carbocycles. The Morgan fingerprint density at radius 2 is 1.78 bits per heavy atom. The van der Waals surface area contributed by atoms with Crippen LogP contribution in [0, 0.1) is 0 Å². The van der Waals surface area contributed by atoms with Crippen molar-refractivity contribution in [1.82, 2.24) is 9.21 Å². The summed E-state index contributed by atoms with van der Waals surface area (Å²) in [5.74, 6) is 0.340. The lowest BCUT2D eigenvalue weighted by molar-refractivity contribution is 0.139. The van der Waals surface area contributed by atoms with Gasteiger partial charge in [-0.15, -0.1) is 0 Å². The van der Waals surface area contributed by atoms with E-state index in [9.17, 15) is 8.42 Å². The van der Waals surface area contributed by atoms with Gasteiger partial charge in [0.15, 0.2) is 0 Å². The predicted octanol–water partition coefficient (Wildman–Crippen LogP) is 2.60. The Morgan fingerprint density at radius 1 is 1.13 bits per heavy atom. The van der Waals surface area contributed by atoms with E-state index in [-0.39, 0.29) is 4.90 Å². The minimum absolute atomic E-state index is 0.154. The first-order chi connectivity index (χ1) is 11.0. The van der Waals surface area contributed by atoms with Gasteiger partial charge in [0.2, 0.25) is 10.0 Å². The van der Waals surface area contributed by atoms with Crippen LogP contribution in [0.15, 0.2) is 23.1 Å². The van der Waals surface area contributed by atoms with Crippen LogP contribution in [0.5, 0.6) is 5.75 Å². The summed E-state index contributed by atoms with van der Waals surface area (Å²) < 4.78 is 32.6. The van der Waals surface area contributed by atoms with Gasteiger partial charge in [-0.05, 0) is 31.0 Å². The largest absolute Gasteiger partial charge is 0.495 e. The number of nitrogens with zero attached hydrogens (tertiary/aromatic N) is 2. The summed E-state index contributed by atoms with van der Waals surface area (Å²) in [6, 6.07) is 5.35. The lowest BCUT2D eigenvalue weighted by Gasteiger charge is -2.37. The Morgan fingerprint density at radius 3 is 2.39 bits per heavy atom. The molecule has 2 aliphatic rings. The first-order valence-electron chi connectivity index (χ1n) is 8.10. The first-order valence-corrected chi connectivity index (χ1v) is 9.92. The number of ether oxygens (including phenoxy) is 1. The van der Waals surface area contributed by atoms with Gasteiger partial charge in [-0.3, -0.25) is 4.90 Å². The quantitative estimate of drug-likeness (QED) is 0.830. The summed E-state index contributed by atoms with van der Waals surface area (Å²) in [4.78, 5) is 2.59. The predicted molar refractivity (Wildman–Crippen MR) is 90.6 cm³/mol. The van der Waals surface area contributed by atoms with Gasteiger partial charge in [0, 0.05) is 37.2 Å². The molecule has 1 saturated heterocycles. The fourth-order valence-corrected chi connectivity index (χ4v) is 5.41. The van der Waals surface area contributed by atoms with E-state index in [0.29, 0.717) is 29.9 Å². The highest BCUT2D eigenvalue weighted by Crippen LogP contribution is 2.31. The zero-order chi connectivity index (χ0) is 16.4. The number of rotatable bonds is 4. The van der Waals surface area contributed by atoms with Crippen LogP contribution in [0.1, 0.15) is 25.7 Å². The van der Waals surface area contributed by atoms with Crippen molar-refractivity contribution < 1.29 is 13.2 Å². The van der Waals surface area contributed by atoms with Crippen molar-refractivity contribution in [3.8, 4) is 5.75 Å². The minimum Gasteiger partial charge on any atom is -0.495 e. The number of sulfonamides is 1. The van der Waals surface area contributed by atoms with Crippen molar-refractivity contribution in [2.75, 3.05) is 33.3 Å². The van der Waals surface area contributed by atoms with E-state index in [4.69, 9.17) is 16.3 Å². The maximum absolute atomic E-state index is 12.9. The molecule has 0 aromatic heterocycles. The van der Waals surface area contributed by atoms with Gasteiger partial charge in [-0.1, -0.05) is 24.4 Å². The molecule has 1 heterocycles. The molecule has 128 valence electrons. The molecule has 2 fully saturated rings. The van der Waals surface area contributed by atoms with Crippen LogP contribution in [-0.2, 0) is 10.0 Å². The number of piperazine rings is 1. The molecule has 5 nitrogen and oxygen atoms in total. The topological polar surface area (TPSA) is 49.9 Å². The van der Waals surface area contributed by atoms with E-state index >= 15 is 0 Å². The lowest BCUT2D eigenvalue weighted by Crippen LogP contribution is -2.51. The van der Waals surface area contributed by atoms with Gasteiger partial charge in [0.05, 0.1) is 7.11 Å². The molecule has 7 heteroatoms. The maximum Gasteiger partial charge on any atom is 0.246 e. The lowest BCUT2D eigenvalue weighted by atomic mass is 10.2. The molecule has 3 rings (SSSR count). The molecule has 0 bridgehead atoms. The highest BCUT2D eigenvalue weighted by molar-refractivity contribution is 7.89. The standard InChI is InChI=1S/C16H23ClN2O3S/c1-22-15-7-6-13(17)12-16(15)23(20,21)19-10-8-18(9-11-19)14-4-2-3-5-14/h6-7,12,14H,2-5,8-11H2,1H3. The zero-order valence-corrected chi connectivity index (χ0v) is 14.9. The minimum atomic E-state index is -3.58. The molecule has 0 spiro atoms. The van der Waals surface area contributed by atoms with Gasteiger partial charge >= 0.3 is 0 Å². The molecule has 23 heavy (non-hydrogen) atoms. The molecule has 0 radical (unpaired) electrons. The summed E-state index contributed by atoms with van der Waals surface area (Å²) in [6.07, 6.45) is 5.08. The third-order valence-electron chi connectivity index (χ3n) is 4.86. The fraction of sp³-hybridized carbons (Fsp3) is 0.625. The number of methoxy groups -OCH3 is 1. The van der Waals surface area contributed by atoms with E-state index in [1.165, 1.54) is 38.9 Å². The van der Waals surface area contributed by atoms with Crippen molar-refractivity contribution >= 4 is 21.6 Å². The normalized spacial score (nSPS) is 21.7. The number of hydrogen-bond acceptors (Lipinski definition) is 4. The number of halogens is 1. The van der Waals surface area contributed by atoms with E-state index in [2.05, 4.69) is 4.90 Å². The van der Waals surface area contributed by atoms with Crippen molar-refractivity contribution in [3.63, 3.8) is 0 Å². The van der Waals surface area contributed by atoms with Crippen LogP contribution >= 0.6 is 11.6 Å². The Kier molecular flexibility index (Phi) is 5.16. The molecule has 0 unspecified atom stereocenters. The maximum atomic E-state index is 12.9. The molecular weight excluding hydrogens is 336 g/mol. The summed E-state index contributed by atoms with van der Waals surface area (Å²) in [6.45, 7) is 2.64. The van der Waals surface area contributed by atoms with E-state index < -0.39 is 10.0 Å². The van der Waals surface area contributed by atoms with Crippen LogP contribution < -0.4 is 4.74 Å². The average Bonchev–Trinajstić information content (AvgIpc) is 3.09. The molecule has 1 saturated carbocycles. The van der Waals surface area contributed by atoms with Gasteiger partial charge in [-0.2, -0.15) is 4.31 Å². The van der Waals surface area contributed by atoms with Gasteiger partial charge in [-0.25, -0.2) is 8.42 Å². The van der Waals surface area contributed by atoms with Crippen molar-refractivity contribution in [2.24, 2.45) is 0 Å². The number of benzene rings is 1. The van der Waals surface area contributed by atoms with Crippen LogP contribution in [0.2, 0.25) is 5.02 Å². The van der Waals surface area contributed by atoms with Crippen LogP contribution in [-0.4, -0.2) is 57.0 Å². The molecule has 0 N–H and O–H groups in total.